The monoisotopic (exact) mass is 322 g/mol. The molecule has 0 bridgehead atoms. The fraction of sp³-hybridized carbons (Fsp3) is 0.200. The van der Waals surface area contributed by atoms with Crippen LogP contribution in [0.1, 0.15) is 23.6 Å². The second kappa shape index (κ2) is 5.96. The van der Waals surface area contributed by atoms with Crippen LogP contribution in [0.4, 0.5) is 0 Å². The van der Waals surface area contributed by atoms with Crippen molar-refractivity contribution in [1.29, 1.82) is 0 Å². The van der Waals surface area contributed by atoms with E-state index in [0.29, 0.717) is 16.5 Å². The zero-order valence-electron chi connectivity index (χ0n) is 14.1. The van der Waals surface area contributed by atoms with Gasteiger partial charge in [-0.2, -0.15) is 0 Å². The molecule has 4 nitrogen and oxygen atoms in total. The molecule has 0 saturated carbocycles. The molecule has 1 heterocycles. The van der Waals surface area contributed by atoms with Gasteiger partial charge in [0.15, 0.2) is 5.76 Å². The molecule has 0 aliphatic carbocycles. The minimum absolute atomic E-state index is 0.0659. The zero-order valence-corrected chi connectivity index (χ0v) is 14.1. The van der Waals surface area contributed by atoms with Crippen molar-refractivity contribution in [2.24, 2.45) is 0 Å². The van der Waals surface area contributed by atoms with Gasteiger partial charge in [0.1, 0.15) is 5.58 Å². The number of hydrogen-bond acceptors (Lipinski definition) is 4. The maximum atomic E-state index is 12.9. The van der Waals surface area contributed by atoms with Gasteiger partial charge in [-0.25, -0.2) is 0 Å². The van der Waals surface area contributed by atoms with Gasteiger partial charge < -0.3 is 9.15 Å². The number of hydrogen-bond donors (Lipinski definition) is 0. The average molecular weight is 322 g/mol. The molecule has 0 amide bonds. The largest absolute Gasteiger partial charge is 0.452 e. The Morgan fingerprint density at radius 2 is 1.67 bits per heavy atom. The second-order valence-corrected chi connectivity index (χ2v) is 6.01. The minimum atomic E-state index is -0.556. The summed E-state index contributed by atoms with van der Waals surface area (Å²) in [5, 5.41) is 0.416. The van der Waals surface area contributed by atoms with Crippen LogP contribution in [-0.4, -0.2) is 5.97 Å². The first-order valence-corrected chi connectivity index (χ1v) is 7.70. The molecule has 0 fully saturated rings. The summed E-state index contributed by atoms with van der Waals surface area (Å²) in [7, 11) is 0. The van der Waals surface area contributed by atoms with Crippen molar-refractivity contribution in [1.82, 2.24) is 0 Å². The van der Waals surface area contributed by atoms with E-state index in [9.17, 15) is 9.59 Å². The van der Waals surface area contributed by atoms with Crippen molar-refractivity contribution in [3.8, 4) is 17.1 Å². The van der Waals surface area contributed by atoms with Crippen LogP contribution in [0.2, 0.25) is 0 Å². The van der Waals surface area contributed by atoms with Crippen molar-refractivity contribution in [2.45, 2.75) is 27.7 Å². The number of ether oxygens (including phenoxy) is 1. The normalized spacial score (nSPS) is 10.8. The van der Waals surface area contributed by atoms with Crippen LogP contribution < -0.4 is 10.2 Å². The lowest BCUT2D eigenvalue weighted by molar-refractivity contribution is -0.131. The predicted molar refractivity (Wildman–Crippen MR) is 93.4 cm³/mol. The van der Waals surface area contributed by atoms with E-state index in [-0.39, 0.29) is 16.9 Å². The van der Waals surface area contributed by atoms with E-state index in [1.807, 2.05) is 51.1 Å². The maximum Gasteiger partial charge on any atom is 0.308 e. The number of esters is 1. The highest BCUT2D eigenvalue weighted by molar-refractivity contribution is 5.86. The van der Waals surface area contributed by atoms with Crippen LogP contribution in [0.15, 0.2) is 45.6 Å². The fourth-order valence-electron chi connectivity index (χ4n) is 2.76. The zero-order chi connectivity index (χ0) is 17.4. The summed E-state index contributed by atoms with van der Waals surface area (Å²) in [5.74, 6) is -0.349. The first-order chi connectivity index (χ1) is 11.4. The van der Waals surface area contributed by atoms with Crippen molar-refractivity contribution in [2.75, 3.05) is 0 Å². The summed E-state index contributed by atoms with van der Waals surface area (Å²) < 4.78 is 11.2. The number of carbonyl (C=O) groups excluding carboxylic acids is 1. The van der Waals surface area contributed by atoms with Gasteiger partial charge in [0.25, 0.3) is 0 Å². The van der Waals surface area contributed by atoms with Gasteiger partial charge in [-0.15, -0.1) is 0 Å². The first kappa shape index (κ1) is 16.0. The summed E-state index contributed by atoms with van der Waals surface area (Å²) in [4.78, 5) is 24.4. The quantitative estimate of drug-likeness (QED) is 0.660. The Balaban J connectivity index is 2.39. The smallest absolute Gasteiger partial charge is 0.308 e. The number of fused-ring (bicyclic) bond motifs is 1. The lowest BCUT2D eigenvalue weighted by Crippen LogP contribution is -2.14. The molecule has 0 saturated heterocycles. The SMILES string of the molecule is CC(=O)Oc1c(-c2ccc(C)cc2)oc2c(C)cc(C)cc2c1=O. The third-order valence-corrected chi connectivity index (χ3v) is 3.84. The van der Waals surface area contributed by atoms with Crippen LogP contribution in [-0.2, 0) is 4.79 Å². The Morgan fingerprint density at radius 3 is 2.29 bits per heavy atom. The van der Waals surface area contributed by atoms with Gasteiger partial charge in [-0.05, 0) is 38.0 Å². The van der Waals surface area contributed by atoms with Gasteiger partial charge in [0.2, 0.25) is 11.2 Å². The highest BCUT2D eigenvalue weighted by Crippen LogP contribution is 2.32. The summed E-state index contributed by atoms with van der Waals surface area (Å²) in [6.07, 6.45) is 0. The second-order valence-electron chi connectivity index (χ2n) is 6.01. The molecule has 24 heavy (non-hydrogen) atoms. The van der Waals surface area contributed by atoms with E-state index in [2.05, 4.69) is 0 Å². The van der Waals surface area contributed by atoms with Gasteiger partial charge in [-0.3, -0.25) is 9.59 Å². The average Bonchev–Trinajstić information content (AvgIpc) is 2.51. The van der Waals surface area contributed by atoms with Crippen LogP contribution in [0.3, 0.4) is 0 Å². The summed E-state index contributed by atoms with van der Waals surface area (Å²) in [6, 6.07) is 11.2. The Morgan fingerprint density at radius 1 is 1.00 bits per heavy atom. The van der Waals surface area contributed by atoms with E-state index in [1.54, 1.807) is 6.07 Å². The molecule has 0 aliphatic heterocycles. The van der Waals surface area contributed by atoms with Crippen molar-refractivity contribution in [3.05, 3.63) is 63.3 Å². The number of benzene rings is 2. The molecule has 0 N–H and O–H groups in total. The highest BCUT2D eigenvalue weighted by atomic mass is 16.5. The predicted octanol–water partition coefficient (Wildman–Crippen LogP) is 4.31. The van der Waals surface area contributed by atoms with Gasteiger partial charge in [0.05, 0.1) is 5.39 Å². The molecule has 2 aromatic carbocycles. The molecule has 0 radical (unpaired) electrons. The van der Waals surface area contributed by atoms with E-state index in [1.165, 1.54) is 6.92 Å². The van der Waals surface area contributed by atoms with E-state index >= 15 is 0 Å². The molecule has 3 aromatic rings. The molecule has 1 aromatic heterocycles. The molecular weight excluding hydrogens is 304 g/mol. The number of carbonyl (C=O) groups is 1. The first-order valence-electron chi connectivity index (χ1n) is 7.70. The Labute approximate surface area is 139 Å². The fourth-order valence-corrected chi connectivity index (χ4v) is 2.76. The molecule has 4 heteroatoms. The minimum Gasteiger partial charge on any atom is -0.452 e. The summed E-state index contributed by atoms with van der Waals surface area (Å²) in [6.45, 7) is 7.04. The van der Waals surface area contributed by atoms with Crippen molar-refractivity contribution in [3.63, 3.8) is 0 Å². The van der Waals surface area contributed by atoms with Gasteiger partial charge >= 0.3 is 5.97 Å². The third-order valence-electron chi connectivity index (χ3n) is 3.84. The standard InChI is InChI=1S/C20H18O4/c1-11-5-7-15(8-6-11)19-20(23-14(4)21)17(22)16-10-12(2)9-13(3)18(16)24-19/h5-10H,1-4H3. The summed E-state index contributed by atoms with van der Waals surface area (Å²) in [5.41, 5.74) is 3.76. The summed E-state index contributed by atoms with van der Waals surface area (Å²) >= 11 is 0. The van der Waals surface area contributed by atoms with Crippen LogP contribution >= 0.6 is 0 Å². The molecule has 122 valence electrons. The molecule has 0 atom stereocenters. The van der Waals surface area contributed by atoms with Crippen LogP contribution in [0.5, 0.6) is 5.75 Å². The van der Waals surface area contributed by atoms with Gasteiger partial charge in [-0.1, -0.05) is 35.9 Å². The molecule has 0 aliphatic rings. The van der Waals surface area contributed by atoms with E-state index in [0.717, 1.165) is 16.7 Å². The molecular formula is C20H18O4. The highest BCUT2D eigenvalue weighted by Gasteiger charge is 2.20. The van der Waals surface area contributed by atoms with E-state index in [4.69, 9.17) is 9.15 Å². The number of aryl methyl sites for hydroxylation is 3. The van der Waals surface area contributed by atoms with Crippen LogP contribution in [0.25, 0.3) is 22.3 Å². The molecule has 0 unspecified atom stereocenters. The molecule has 0 spiro atoms. The third kappa shape index (κ3) is 2.83. The lowest BCUT2D eigenvalue weighted by Gasteiger charge is -2.11. The number of rotatable bonds is 2. The lowest BCUT2D eigenvalue weighted by atomic mass is 10.0. The Kier molecular flexibility index (Phi) is 3.97. The Hall–Kier alpha value is -2.88. The Bertz CT molecular complexity index is 995. The van der Waals surface area contributed by atoms with E-state index < -0.39 is 5.97 Å². The maximum absolute atomic E-state index is 12.9. The van der Waals surface area contributed by atoms with Crippen LogP contribution in [0, 0.1) is 20.8 Å². The van der Waals surface area contributed by atoms with Gasteiger partial charge in [0, 0.05) is 12.5 Å². The van der Waals surface area contributed by atoms with Crippen molar-refractivity contribution >= 4 is 16.9 Å². The van der Waals surface area contributed by atoms with Crippen molar-refractivity contribution < 1.29 is 13.9 Å². The molecule has 3 rings (SSSR count). The topological polar surface area (TPSA) is 56.5 Å².